The van der Waals surface area contributed by atoms with Crippen LogP contribution in [0.4, 0.5) is 19.0 Å². The number of hydrogen-bond donors (Lipinski definition) is 1. The number of pyridine rings is 1. The van der Waals surface area contributed by atoms with Crippen molar-refractivity contribution in [2.45, 2.75) is 25.6 Å². The number of methoxy groups -OCH3 is 1. The molecular formula is C11H13F3N2O2. The van der Waals surface area contributed by atoms with Gasteiger partial charge in [-0.15, -0.1) is 0 Å². The maximum atomic E-state index is 12.7. The third-order valence-electron chi connectivity index (χ3n) is 2.35. The number of anilines is 1. The number of halogens is 3. The molecule has 0 aliphatic carbocycles. The van der Waals surface area contributed by atoms with Crippen LogP contribution in [0, 0.1) is 0 Å². The zero-order chi connectivity index (χ0) is 14.0. The van der Waals surface area contributed by atoms with Crippen LogP contribution in [-0.4, -0.2) is 29.8 Å². The van der Waals surface area contributed by atoms with E-state index in [0.717, 1.165) is 21.0 Å². The molecule has 0 radical (unpaired) electrons. The van der Waals surface area contributed by atoms with E-state index in [-0.39, 0.29) is 11.4 Å². The minimum atomic E-state index is -4.47. The molecule has 0 atom stereocenters. The molecule has 0 aromatic carbocycles. The normalized spacial score (nSPS) is 12.1. The third kappa shape index (κ3) is 2.91. The van der Waals surface area contributed by atoms with Crippen molar-refractivity contribution < 1.29 is 22.7 Å². The average Bonchev–Trinajstić information content (AvgIpc) is 2.26. The lowest BCUT2D eigenvalue weighted by atomic mass is 10.0. The van der Waals surface area contributed by atoms with Crippen molar-refractivity contribution in [2.75, 3.05) is 12.4 Å². The number of nitrogens with zero attached hydrogens (tertiary/aromatic N) is 1. The van der Waals surface area contributed by atoms with Crippen LogP contribution in [0.5, 0.6) is 0 Å². The smallest absolute Gasteiger partial charge is 0.410 e. The quantitative estimate of drug-likeness (QED) is 0.851. The molecule has 100 valence electrons. The summed E-state index contributed by atoms with van der Waals surface area (Å²) in [5, 5.41) is 2.21. The van der Waals surface area contributed by atoms with E-state index in [9.17, 15) is 18.0 Å². The molecule has 0 amide bonds. The lowest BCUT2D eigenvalue weighted by Crippen LogP contribution is -2.46. The topological polar surface area (TPSA) is 51.2 Å². The van der Waals surface area contributed by atoms with Gasteiger partial charge in [-0.05, 0) is 26.0 Å². The molecule has 7 heteroatoms. The van der Waals surface area contributed by atoms with Crippen LogP contribution in [0.1, 0.15) is 24.2 Å². The Kier molecular flexibility index (Phi) is 3.83. The molecule has 0 spiro atoms. The Balaban J connectivity index is 3.09. The first kappa shape index (κ1) is 14.3. The van der Waals surface area contributed by atoms with Crippen molar-refractivity contribution in [3.05, 3.63) is 23.9 Å². The molecule has 0 saturated carbocycles. The van der Waals surface area contributed by atoms with E-state index < -0.39 is 17.7 Å². The molecule has 1 heterocycles. The highest BCUT2D eigenvalue weighted by molar-refractivity contribution is 5.94. The molecule has 1 aromatic rings. The zero-order valence-electron chi connectivity index (χ0n) is 10.1. The van der Waals surface area contributed by atoms with E-state index >= 15 is 0 Å². The number of carbonyl (C=O) groups excluding carboxylic acids is 1. The number of hydrogen-bond acceptors (Lipinski definition) is 4. The van der Waals surface area contributed by atoms with Gasteiger partial charge in [0.2, 0.25) is 0 Å². The molecule has 0 aliphatic heterocycles. The number of rotatable bonds is 3. The van der Waals surface area contributed by atoms with E-state index in [1.807, 2.05) is 0 Å². The lowest BCUT2D eigenvalue weighted by molar-refractivity contribution is -0.168. The van der Waals surface area contributed by atoms with Gasteiger partial charge in [0.05, 0.1) is 7.11 Å². The van der Waals surface area contributed by atoms with Crippen molar-refractivity contribution in [3.8, 4) is 0 Å². The maximum Gasteiger partial charge on any atom is 0.410 e. The Labute approximate surface area is 102 Å². The molecule has 4 nitrogen and oxygen atoms in total. The fourth-order valence-corrected chi connectivity index (χ4v) is 1.15. The SMILES string of the molecule is COC(=O)c1cccnc1NC(C)(C)C(F)(F)F. The van der Waals surface area contributed by atoms with Gasteiger partial charge >= 0.3 is 12.1 Å². The van der Waals surface area contributed by atoms with Gasteiger partial charge in [-0.1, -0.05) is 0 Å². The Bertz CT molecular complexity index is 444. The number of carbonyl (C=O) groups is 1. The first-order valence-corrected chi connectivity index (χ1v) is 5.07. The highest BCUT2D eigenvalue weighted by Gasteiger charge is 2.48. The summed E-state index contributed by atoms with van der Waals surface area (Å²) in [5.74, 6) is -0.907. The summed E-state index contributed by atoms with van der Waals surface area (Å²) < 4.78 is 42.7. The van der Waals surface area contributed by atoms with Gasteiger partial charge in [0, 0.05) is 6.20 Å². The Morgan fingerprint density at radius 3 is 2.50 bits per heavy atom. The standard InChI is InChI=1S/C11H13F3N2O2/c1-10(2,11(12,13)14)16-8-7(9(17)18-3)5-4-6-15-8/h4-6H,1-3H3,(H,15,16). The summed E-state index contributed by atoms with van der Waals surface area (Å²) in [6.07, 6.45) is -3.18. The van der Waals surface area contributed by atoms with Crippen LogP contribution in [0.25, 0.3) is 0 Å². The van der Waals surface area contributed by atoms with Gasteiger partial charge in [-0.3, -0.25) is 0 Å². The summed E-state index contributed by atoms with van der Waals surface area (Å²) >= 11 is 0. The summed E-state index contributed by atoms with van der Waals surface area (Å²) in [5.41, 5.74) is -2.25. The Hall–Kier alpha value is -1.79. The maximum absolute atomic E-state index is 12.7. The van der Waals surface area contributed by atoms with Crippen molar-refractivity contribution in [3.63, 3.8) is 0 Å². The van der Waals surface area contributed by atoms with E-state index in [0.29, 0.717) is 0 Å². The highest BCUT2D eigenvalue weighted by Crippen LogP contribution is 2.33. The fraction of sp³-hybridized carbons (Fsp3) is 0.455. The zero-order valence-corrected chi connectivity index (χ0v) is 10.1. The fourth-order valence-electron chi connectivity index (χ4n) is 1.15. The van der Waals surface area contributed by atoms with Crippen LogP contribution in [0.2, 0.25) is 0 Å². The lowest BCUT2D eigenvalue weighted by Gasteiger charge is -2.29. The van der Waals surface area contributed by atoms with Crippen LogP contribution in [0.15, 0.2) is 18.3 Å². The largest absolute Gasteiger partial charge is 0.465 e. The predicted molar refractivity (Wildman–Crippen MR) is 59.3 cm³/mol. The number of aromatic nitrogens is 1. The molecule has 0 saturated heterocycles. The van der Waals surface area contributed by atoms with Gasteiger partial charge in [0.25, 0.3) is 0 Å². The van der Waals surface area contributed by atoms with Crippen LogP contribution in [0.3, 0.4) is 0 Å². The van der Waals surface area contributed by atoms with Crippen LogP contribution < -0.4 is 5.32 Å². The molecule has 18 heavy (non-hydrogen) atoms. The molecule has 0 unspecified atom stereocenters. The molecule has 1 N–H and O–H groups in total. The Morgan fingerprint density at radius 2 is 2.00 bits per heavy atom. The monoisotopic (exact) mass is 262 g/mol. The first-order valence-electron chi connectivity index (χ1n) is 5.07. The third-order valence-corrected chi connectivity index (χ3v) is 2.35. The molecule has 1 aromatic heterocycles. The number of esters is 1. The predicted octanol–water partition coefficient (Wildman–Crippen LogP) is 2.62. The van der Waals surface area contributed by atoms with Gasteiger partial charge in [-0.2, -0.15) is 13.2 Å². The van der Waals surface area contributed by atoms with E-state index in [2.05, 4.69) is 15.0 Å². The van der Waals surface area contributed by atoms with Crippen molar-refractivity contribution in [1.29, 1.82) is 0 Å². The molecular weight excluding hydrogens is 249 g/mol. The van der Waals surface area contributed by atoms with Crippen LogP contribution >= 0.6 is 0 Å². The molecule has 1 rings (SSSR count). The molecule has 0 aliphatic rings. The summed E-state index contributed by atoms with van der Waals surface area (Å²) in [6.45, 7) is 1.92. The van der Waals surface area contributed by atoms with Crippen molar-refractivity contribution in [2.24, 2.45) is 0 Å². The average molecular weight is 262 g/mol. The van der Waals surface area contributed by atoms with E-state index in [1.165, 1.54) is 18.3 Å². The second kappa shape index (κ2) is 4.83. The molecule has 0 fully saturated rings. The van der Waals surface area contributed by atoms with Crippen LogP contribution in [-0.2, 0) is 4.74 Å². The van der Waals surface area contributed by atoms with Gasteiger partial charge in [0.15, 0.2) is 0 Å². The summed E-state index contributed by atoms with van der Waals surface area (Å²) in [4.78, 5) is 15.1. The second-order valence-electron chi connectivity index (χ2n) is 4.14. The van der Waals surface area contributed by atoms with Crippen molar-refractivity contribution >= 4 is 11.8 Å². The number of ether oxygens (including phenoxy) is 1. The van der Waals surface area contributed by atoms with Gasteiger partial charge < -0.3 is 10.1 Å². The highest BCUT2D eigenvalue weighted by atomic mass is 19.4. The van der Waals surface area contributed by atoms with Gasteiger partial charge in [-0.25, -0.2) is 9.78 Å². The number of alkyl halides is 3. The van der Waals surface area contributed by atoms with Gasteiger partial charge in [0.1, 0.15) is 16.9 Å². The minimum Gasteiger partial charge on any atom is -0.465 e. The first-order chi connectivity index (χ1) is 8.19. The summed E-state index contributed by atoms with van der Waals surface area (Å²) in [7, 11) is 1.15. The number of nitrogens with one attached hydrogen (secondary N) is 1. The minimum absolute atomic E-state index is 0.0441. The second-order valence-corrected chi connectivity index (χ2v) is 4.14. The van der Waals surface area contributed by atoms with E-state index in [4.69, 9.17) is 0 Å². The Morgan fingerprint density at radius 1 is 1.39 bits per heavy atom. The van der Waals surface area contributed by atoms with Crippen molar-refractivity contribution in [1.82, 2.24) is 4.98 Å². The molecule has 0 bridgehead atoms. The van der Waals surface area contributed by atoms with E-state index in [1.54, 1.807) is 0 Å². The summed E-state index contributed by atoms with van der Waals surface area (Å²) in [6, 6.07) is 2.78.